The van der Waals surface area contributed by atoms with Gasteiger partial charge in [-0.05, 0) is 39.1 Å². The number of sulfonamides is 1. The van der Waals surface area contributed by atoms with Crippen LogP contribution in [0.1, 0.15) is 18.2 Å². The van der Waals surface area contributed by atoms with Crippen molar-refractivity contribution >= 4 is 21.4 Å². The summed E-state index contributed by atoms with van der Waals surface area (Å²) in [7, 11) is 0.524. The van der Waals surface area contributed by atoms with Crippen LogP contribution in [0.4, 0.5) is 0 Å². The quantitative estimate of drug-likeness (QED) is 0.884. The van der Waals surface area contributed by atoms with Crippen LogP contribution in [-0.4, -0.2) is 52.2 Å². The average Bonchev–Trinajstić information content (AvgIpc) is 3.02. The average molecular weight is 330 g/mol. The molecule has 2 heterocycles. The minimum atomic E-state index is -3.43. The first-order chi connectivity index (χ1) is 9.94. The number of hydrogen-bond acceptors (Lipinski definition) is 5. The van der Waals surface area contributed by atoms with Crippen molar-refractivity contribution in [2.75, 3.05) is 20.7 Å². The number of ether oxygens (including phenoxy) is 1. The first-order valence-electron chi connectivity index (χ1n) is 7.33. The summed E-state index contributed by atoms with van der Waals surface area (Å²) in [5.74, 6) is 0.304. The highest BCUT2D eigenvalue weighted by molar-refractivity contribution is 7.91. The fourth-order valence-electron chi connectivity index (χ4n) is 3.38. The largest absolute Gasteiger partial charge is 0.376 e. The zero-order chi connectivity index (χ0) is 15.2. The van der Waals surface area contributed by atoms with E-state index in [2.05, 4.69) is 9.62 Å². The molecule has 0 amide bonds. The summed E-state index contributed by atoms with van der Waals surface area (Å²) in [6, 6.07) is 3.67. The summed E-state index contributed by atoms with van der Waals surface area (Å²) in [5, 5.41) is 0. The third-order valence-electron chi connectivity index (χ3n) is 4.49. The van der Waals surface area contributed by atoms with Crippen LogP contribution in [0, 0.1) is 5.92 Å². The van der Waals surface area contributed by atoms with Crippen molar-refractivity contribution in [2.45, 2.75) is 42.2 Å². The number of rotatable bonds is 5. The highest BCUT2D eigenvalue weighted by Gasteiger charge is 2.56. The SMILES string of the molecule is CCc1ccc(S(=O)(=O)N[C@H]2[C@H]3CCO[C@H]3[C@@H]2N(C)C)s1. The maximum absolute atomic E-state index is 12.6. The Bertz CT molecular complexity index is 611. The van der Waals surface area contributed by atoms with Crippen molar-refractivity contribution in [3.05, 3.63) is 17.0 Å². The Morgan fingerprint density at radius 2 is 2.19 bits per heavy atom. The highest BCUT2D eigenvalue weighted by atomic mass is 32.2. The van der Waals surface area contributed by atoms with E-state index in [1.807, 2.05) is 27.1 Å². The summed E-state index contributed by atoms with van der Waals surface area (Å²) in [5.41, 5.74) is 0. The van der Waals surface area contributed by atoms with Crippen LogP contribution in [0.2, 0.25) is 0 Å². The summed E-state index contributed by atoms with van der Waals surface area (Å²) in [4.78, 5) is 3.15. The molecule has 1 N–H and O–H groups in total. The predicted molar refractivity (Wildman–Crippen MR) is 83.1 cm³/mol. The Morgan fingerprint density at radius 1 is 1.43 bits per heavy atom. The van der Waals surface area contributed by atoms with E-state index in [1.165, 1.54) is 11.3 Å². The zero-order valence-electron chi connectivity index (χ0n) is 12.6. The molecule has 2 aliphatic rings. The second kappa shape index (κ2) is 5.62. The van der Waals surface area contributed by atoms with Gasteiger partial charge in [0, 0.05) is 23.4 Å². The maximum Gasteiger partial charge on any atom is 0.250 e. The van der Waals surface area contributed by atoms with Gasteiger partial charge in [-0.1, -0.05) is 6.92 Å². The Hall–Kier alpha value is -0.470. The van der Waals surface area contributed by atoms with Crippen molar-refractivity contribution < 1.29 is 13.2 Å². The number of thiophene rings is 1. The van der Waals surface area contributed by atoms with Gasteiger partial charge in [-0.2, -0.15) is 0 Å². The Balaban J connectivity index is 1.78. The lowest BCUT2D eigenvalue weighted by Crippen LogP contribution is -2.69. The van der Waals surface area contributed by atoms with E-state index in [-0.39, 0.29) is 18.2 Å². The molecule has 0 unspecified atom stereocenters. The molecule has 0 spiro atoms. The van der Waals surface area contributed by atoms with Crippen molar-refractivity contribution in [3.63, 3.8) is 0 Å². The minimum absolute atomic E-state index is 0.0512. The van der Waals surface area contributed by atoms with Gasteiger partial charge in [0.15, 0.2) is 0 Å². The molecule has 1 aromatic rings. The smallest absolute Gasteiger partial charge is 0.250 e. The lowest BCUT2D eigenvalue weighted by atomic mass is 9.71. The van der Waals surface area contributed by atoms with Gasteiger partial charge in [-0.25, -0.2) is 13.1 Å². The number of hydrogen-bond donors (Lipinski definition) is 1. The van der Waals surface area contributed by atoms with Crippen LogP contribution in [0.15, 0.2) is 16.3 Å². The fraction of sp³-hybridized carbons (Fsp3) is 0.714. The molecule has 2 fully saturated rings. The maximum atomic E-state index is 12.6. The first kappa shape index (κ1) is 15.4. The third kappa shape index (κ3) is 2.66. The van der Waals surface area contributed by atoms with E-state index >= 15 is 0 Å². The van der Waals surface area contributed by atoms with Crippen LogP contribution in [0.3, 0.4) is 0 Å². The zero-order valence-corrected chi connectivity index (χ0v) is 14.2. The van der Waals surface area contributed by atoms with Crippen LogP contribution in [0.5, 0.6) is 0 Å². The minimum Gasteiger partial charge on any atom is -0.376 e. The molecule has 1 aromatic heterocycles. The van der Waals surface area contributed by atoms with E-state index in [4.69, 9.17) is 4.74 Å². The van der Waals surface area contributed by atoms with Crippen LogP contribution in [-0.2, 0) is 21.2 Å². The monoisotopic (exact) mass is 330 g/mol. The Morgan fingerprint density at radius 3 is 2.81 bits per heavy atom. The van der Waals surface area contributed by atoms with Gasteiger partial charge < -0.3 is 9.64 Å². The van der Waals surface area contributed by atoms with Crippen molar-refractivity contribution in [1.82, 2.24) is 9.62 Å². The Kier molecular flexibility index (Phi) is 4.13. The lowest BCUT2D eigenvalue weighted by Gasteiger charge is -2.50. The second-order valence-electron chi connectivity index (χ2n) is 5.96. The number of aryl methyl sites for hydroxylation is 1. The van der Waals surface area contributed by atoms with Gasteiger partial charge in [0.1, 0.15) is 4.21 Å². The van der Waals surface area contributed by atoms with Gasteiger partial charge in [0.05, 0.1) is 12.1 Å². The summed E-state index contributed by atoms with van der Waals surface area (Å²) < 4.78 is 34.2. The van der Waals surface area contributed by atoms with Crippen LogP contribution >= 0.6 is 11.3 Å². The number of nitrogens with zero attached hydrogens (tertiary/aromatic N) is 1. The molecule has 0 bridgehead atoms. The predicted octanol–water partition coefficient (Wildman–Crippen LogP) is 1.31. The summed E-state index contributed by atoms with van der Waals surface area (Å²) >= 11 is 1.36. The van der Waals surface area contributed by atoms with E-state index in [9.17, 15) is 8.42 Å². The molecule has 3 rings (SSSR count). The van der Waals surface area contributed by atoms with Gasteiger partial charge in [-0.15, -0.1) is 11.3 Å². The van der Waals surface area contributed by atoms with E-state index < -0.39 is 10.0 Å². The van der Waals surface area contributed by atoms with Crippen molar-refractivity contribution in [2.24, 2.45) is 5.92 Å². The van der Waals surface area contributed by atoms with Gasteiger partial charge in [0.25, 0.3) is 0 Å². The third-order valence-corrected chi connectivity index (χ3v) is 7.67. The molecular weight excluding hydrogens is 308 g/mol. The fourth-order valence-corrected chi connectivity index (χ4v) is 5.99. The van der Waals surface area contributed by atoms with Crippen LogP contribution < -0.4 is 4.72 Å². The second-order valence-corrected chi connectivity index (χ2v) is 9.07. The molecule has 0 radical (unpaired) electrons. The van der Waals surface area contributed by atoms with E-state index in [0.29, 0.717) is 10.1 Å². The van der Waals surface area contributed by atoms with Crippen molar-refractivity contribution in [3.8, 4) is 0 Å². The summed E-state index contributed by atoms with van der Waals surface area (Å²) in [6.07, 6.45) is 1.97. The van der Waals surface area contributed by atoms with Gasteiger partial charge >= 0.3 is 0 Å². The molecule has 118 valence electrons. The number of fused-ring (bicyclic) bond motifs is 1. The molecule has 5 nitrogen and oxygen atoms in total. The lowest BCUT2D eigenvalue weighted by molar-refractivity contribution is -0.0626. The number of likely N-dealkylation sites (N-methyl/N-ethyl adjacent to an activating group) is 1. The van der Waals surface area contributed by atoms with Crippen molar-refractivity contribution in [1.29, 1.82) is 0 Å². The number of nitrogens with one attached hydrogen (secondary N) is 1. The molecule has 1 aliphatic heterocycles. The first-order valence-corrected chi connectivity index (χ1v) is 9.63. The molecule has 4 atom stereocenters. The van der Waals surface area contributed by atoms with Crippen LogP contribution in [0.25, 0.3) is 0 Å². The van der Waals surface area contributed by atoms with Gasteiger partial charge in [0.2, 0.25) is 10.0 Å². The van der Waals surface area contributed by atoms with Gasteiger partial charge in [-0.3, -0.25) is 0 Å². The standard InChI is InChI=1S/C14H22N2O3S2/c1-4-9-5-6-11(20-9)21(17,18)15-12-10-7-8-19-14(10)13(12)16(2)3/h5-6,10,12-15H,4,7-8H2,1-3H3/t10-,12+,13-,14-/m1/s1. The Labute approximate surface area is 130 Å². The summed E-state index contributed by atoms with van der Waals surface area (Å²) in [6.45, 7) is 2.76. The molecule has 1 saturated heterocycles. The molecular formula is C14H22N2O3S2. The molecule has 1 aliphatic carbocycles. The normalized spacial score (nSPS) is 32.2. The molecule has 1 saturated carbocycles. The highest BCUT2D eigenvalue weighted by Crippen LogP contribution is 2.41. The van der Waals surface area contributed by atoms with E-state index in [1.54, 1.807) is 6.07 Å². The molecule has 7 heteroatoms. The topological polar surface area (TPSA) is 58.6 Å². The molecule has 21 heavy (non-hydrogen) atoms. The van der Waals surface area contributed by atoms with E-state index in [0.717, 1.165) is 24.3 Å². The molecule has 0 aromatic carbocycles.